The summed E-state index contributed by atoms with van der Waals surface area (Å²) in [5, 5.41) is 12.4. The van der Waals surface area contributed by atoms with Gasteiger partial charge in [0, 0.05) is 37.4 Å². The fourth-order valence-corrected chi connectivity index (χ4v) is 3.31. The normalized spacial score (nSPS) is 13.7. The summed E-state index contributed by atoms with van der Waals surface area (Å²) in [5.74, 6) is -1.38. The van der Waals surface area contributed by atoms with E-state index in [0.717, 1.165) is 5.56 Å². The number of carbonyl (C=O) groups is 3. The van der Waals surface area contributed by atoms with Crippen LogP contribution >= 0.6 is 0 Å². The zero-order valence-electron chi connectivity index (χ0n) is 17.1. The third kappa shape index (κ3) is 4.89. The first-order valence-electron chi connectivity index (χ1n) is 9.81. The minimum absolute atomic E-state index is 0.0984. The molecule has 1 saturated heterocycles. The second kappa shape index (κ2) is 9.30. The highest BCUT2D eigenvalue weighted by Gasteiger charge is 2.25. The van der Waals surface area contributed by atoms with Gasteiger partial charge in [0.1, 0.15) is 0 Å². The summed E-state index contributed by atoms with van der Waals surface area (Å²) in [6.07, 6.45) is -0.357. The van der Waals surface area contributed by atoms with Crippen molar-refractivity contribution in [1.82, 2.24) is 4.90 Å². The molecule has 1 heterocycles. The number of carboxylic acids is 1. The lowest BCUT2D eigenvalue weighted by Crippen LogP contribution is -2.49. The van der Waals surface area contributed by atoms with Gasteiger partial charge in [-0.1, -0.05) is 17.7 Å². The molecule has 8 heteroatoms. The quantitative estimate of drug-likeness (QED) is 0.784. The molecule has 2 N–H and O–H groups in total. The zero-order chi connectivity index (χ0) is 21.7. The van der Waals surface area contributed by atoms with E-state index in [0.29, 0.717) is 49.7 Å². The Morgan fingerprint density at radius 3 is 2.30 bits per heavy atom. The van der Waals surface area contributed by atoms with Crippen LogP contribution in [0.5, 0.6) is 0 Å². The molecule has 2 aromatic rings. The van der Waals surface area contributed by atoms with Crippen LogP contribution in [0.1, 0.15) is 33.2 Å². The molecular formula is C22H25N3O5. The molecule has 1 aliphatic rings. The molecule has 0 aromatic heterocycles. The van der Waals surface area contributed by atoms with Crippen LogP contribution in [0.25, 0.3) is 0 Å². The third-order valence-corrected chi connectivity index (χ3v) is 4.94. The fourth-order valence-electron chi connectivity index (χ4n) is 3.31. The highest BCUT2D eigenvalue weighted by atomic mass is 16.6. The van der Waals surface area contributed by atoms with Crippen molar-refractivity contribution in [1.29, 1.82) is 0 Å². The molecule has 0 spiro atoms. The summed E-state index contributed by atoms with van der Waals surface area (Å²) in [6, 6.07) is 12.0. The highest BCUT2D eigenvalue weighted by molar-refractivity contribution is 6.05. The molecule has 1 aliphatic heterocycles. The van der Waals surface area contributed by atoms with Crippen LogP contribution in [0.3, 0.4) is 0 Å². The number of hydrogen-bond acceptors (Lipinski definition) is 5. The SMILES string of the molecule is CCOC(=O)N1CCN(c2ccc(NC(=O)c3ccc(C)cc3)cc2C(=O)O)CC1. The average Bonchev–Trinajstić information content (AvgIpc) is 2.74. The van der Waals surface area contributed by atoms with Gasteiger partial charge >= 0.3 is 12.1 Å². The van der Waals surface area contributed by atoms with E-state index in [1.165, 1.54) is 6.07 Å². The Morgan fingerprint density at radius 2 is 1.70 bits per heavy atom. The molecule has 2 amide bonds. The molecule has 0 radical (unpaired) electrons. The Bertz CT molecular complexity index is 934. The minimum atomic E-state index is -1.08. The van der Waals surface area contributed by atoms with E-state index in [9.17, 15) is 19.5 Å². The van der Waals surface area contributed by atoms with Gasteiger partial charge in [-0.05, 0) is 44.2 Å². The molecule has 3 rings (SSSR count). The van der Waals surface area contributed by atoms with Crippen LogP contribution in [0.4, 0.5) is 16.2 Å². The van der Waals surface area contributed by atoms with Crippen molar-refractivity contribution in [3.05, 3.63) is 59.2 Å². The first-order chi connectivity index (χ1) is 14.4. The number of hydrogen-bond donors (Lipinski definition) is 2. The Hall–Kier alpha value is -3.55. The number of aryl methyl sites for hydroxylation is 1. The van der Waals surface area contributed by atoms with Gasteiger partial charge in [0.15, 0.2) is 0 Å². The Labute approximate surface area is 175 Å². The van der Waals surface area contributed by atoms with Gasteiger partial charge < -0.3 is 25.0 Å². The van der Waals surface area contributed by atoms with Crippen LogP contribution in [-0.2, 0) is 4.74 Å². The highest BCUT2D eigenvalue weighted by Crippen LogP contribution is 2.26. The van der Waals surface area contributed by atoms with Crippen LogP contribution in [0, 0.1) is 6.92 Å². The van der Waals surface area contributed by atoms with E-state index in [1.54, 1.807) is 36.1 Å². The van der Waals surface area contributed by atoms with Crippen LogP contribution in [-0.4, -0.2) is 60.8 Å². The number of rotatable bonds is 5. The number of nitrogens with zero attached hydrogens (tertiary/aromatic N) is 2. The van der Waals surface area contributed by atoms with E-state index in [-0.39, 0.29) is 17.6 Å². The lowest BCUT2D eigenvalue weighted by Gasteiger charge is -2.36. The lowest BCUT2D eigenvalue weighted by atomic mass is 10.1. The molecular weight excluding hydrogens is 386 g/mol. The van der Waals surface area contributed by atoms with Crippen molar-refractivity contribution in [3.8, 4) is 0 Å². The summed E-state index contributed by atoms with van der Waals surface area (Å²) in [4.78, 5) is 39.7. The Kier molecular flexibility index (Phi) is 6.56. The number of nitrogens with one attached hydrogen (secondary N) is 1. The third-order valence-electron chi connectivity index (χ3n) is 4.94. The second-order valence-electron chi connectivity index (χ2n) is 7.03. The number of anilines is 2. The van der Waals surface area contributed by atoms with E-state index in [4.69, 9.17) is 4.74 Å². The van der Waals surface area contributed by atoms with Gasteiger partial charge in [-0.2, -0.15) is 0 Å². The number of carbonyl (C=O) groups excluding carboxylic acids is 2. The molecule has 0 aliphatic carbocycles. The Balaban J connectivity index is 1.73. The first-order valence-corrected chi connectivity index (χ1v) is 9.81. The summed E-state index contributed by atoms with van der Waals surface area (Å²) in [7, 11) is 0. The van der Waals surface area contributed by atoms with Crippen molar-refractivity contribution in [2.45, 2.75) is 13.8 Å². The largest absolute Gasteiger partial charge is 0.478 e. The summed E-state index contributed by atoms with van der Waals surface area (Å²) in [5.41, 5.74) is 2.61. The standard InChI is InChI=1S/C22H25N3O5/c1-3-30-22(29)25-12-10-24(11-13-25)19-9-8-17(14-18(19)21(27)28)23-20(26)16-6-4-15(2)5-7-16/h4-9,14H,3,10-13H2,1-2H3,(H,23,26)(H,27,28). The molecule has 2 aromatic carbocycles. The molecule has 1 fully saturated rings. The maximum Gasteiger partial charge on any atom is 0.409 e. The maximum absolute atomic E-state index is 12.4. The summed E-state index contributed by atoms with van der Waals surface area (Å²) >= 11 is 0. The van der Waals surface area contributed by atoms with Gasteiger partial charge in [-0.15, -0.1) is 0 Å². The van der Waals surface area contributed by atoms with Gasteiger partial charge in [0.05, 0.1) is 17.9 Å². The van der Waals surface area contributed by atoms with E-state index < -0.39 is 5.97 Å². The number of aromatic carboxylic acids is 1. The fraction of sp³-hybridized carbons (Fsp3) is 0.318. The van der Waals surface area contributed by atoms with E-state index in [2.05, 4.69) is 5.32 Å². The van der Waals surface area contributed by atoms with Crippen LogP contribution < -0.4 is 10.2 Å². The maximum atomic E-state index is 12.4. The van der Waals surface area contributed by atoms with Crippen molar-refractivity contribution in [2.75, 3.05) is 43.0 Å². The van der Waals surface area contributed by atoms with Gasteiger partial charge in [0.25, 0.3) is 5.91 Å². The Morgan fingerprint density at radius 1 is 1.03 bits per heavy atom. The average molecular weight is 411 g/mol. The van der Waals surface area contributed by atoms with E-state index >= 15 is 0 Å². The molecule has 30 heavy (non-hydrogen) atoms. The lowest BCUT2D eigenvalue weighted by molar-refractivity contribution is 0.0696. The molecule has 0 saturated carbocycles. The smallest absolute Gasteiger partial charge is 0.409 e. The van der Waals surface area contributed by atoms with Gasteiger partial charge in [0.2, 0.25) is 0 Å². The molecule has 0 atom stereocenters. The molecule has 8 nitrogen and oxygen atoms in total. The minimum Gasteiger partial charge on any atom is -0.478 e. The van der Waals surface area contributed by atoms with Gasteiger partial charge in [-0.3, -0.25) is 4.79 Å². The van der Waals surface area contributed by atoms with Crippen LogP contribution in [0.2, 0.25) is 0 Å². The first kappa shape index (κ1) is 21.2. The second-order valence-corrected chi connectivity index (χ2v) is 7.03. The molecule has 0 bridgehead atoms. The van der Waals surface area contributed by atoms with E-state index in [1.807, 2.05) is 24.0 Å². The number of amides is 2. The number of carboxylic acid groups (broad SMARTS) is 1. The van der Waals surface area contributed by atoms with Crippen molar-refractivity contribution < 1.29 is 24.2 Å². The van der Waals surface area contributed by atoms with Crippen molar-refractivity contribution >= 4 is 29.3 Å². The van der Waals surface area contributed by atoms with Gasteiger partial charge in [-0.25, -0.2) is 9.59 Å². The number of ether oxygens (including phenoxy) is 1. The molecule has 0 unspecified atom stereocenters. The zero-order valence-corrected chi connectivity index (χ0v) is 17.1. The summed E-state index contributed by atoms with van der Waals surface area (Å²) in [6.45, 7) is 5.90. The van der Waals surface area contributed by atoms with Crippen molar-refractivity contribution in [3.63, 3.8) is 0 Å². The number of benzene rings is 2. The van der Waals surface area contributed by atoms with Crippen LogP contribution in [0.15, 0.2) is 42.5 Å². The predicted molar refractivity (Wildman–Crippen MR) is 113 cm³/mol. The summed E-state index contributed by atoms with van der Waals surface area (Å²) < 4.78 is 5.01. The molecule has 158 valence electrons. The monoisotopic (exact) mass is 411 g/mol. The topological polar surface area (TPSA) is 99.2 Å². The van der Waals surface area contributed by atoms with Crippen molar-refractivity contribution in [2.24, 2.45) is 0 Å². The number of piperazine rings is 1. The predicted octanol–water partition coefficient (Wildman–Crippen LogP) is 3.22.